The molecule has 0 bridgehead atoms. The third-order valence-electron chi connectivity index (χ3n) is 2.21. The van der Waals surface area contributed by atoms with E-state index in [-0.39, 0.29) is 12.4 Å². The van der Waals surface area contributed by atoms with Gasteiger partial charge in [-0.15, -0.1) is 12.4 Å². The van der Waals surface area contributed by atoms with Gasteiger partial charge in [-0.3, -0.25) is 0 Å². The molecule has 0 radical (unpaired) electrons. The lowest BCUT2D eigenvalue weighted by Crippen LogP contribution is -2.27. The second-order valence-electron chi connectivity index (χ2n) is 3.62. The summed E-state index contributed by atoms with van der Waals surface area (Å²) in [5, 5.41) is 12.5. The van der Waals surface area contributed by atoms with E-state index in [2.05, 4.69) is 33.2 Å². The average Bonchev–Trinajstić information content (AvgIpc) is 2.20. The van der Waals surface area contributed by atoms with Gasteiger partial charge in [0.05, 0.1) is 0 Å². The summed E-state index contributed by atoms with van der Waals surface area (Å²) in [7, 11) is 4.01. The van der Waals surface area contributed by atoms with Gasteiger partial charge in [0.25, 0.3) is 0 Å². The van der Waals surface area contributed by atoms with Crippen molar-refractivity contribution >= 4 is 28.3 Å². The summed E-state index contributed by atoms with van der Waals surface area (Å²) in [5.74, 6) is 0.315. The smallest absolute Gasteiger partial charge is 0.115 e. The van der Waals surface area contributed by atoms with E-state index in [4.69, 9.17) is 0 Å². The standard InChI is InChI=1S/C11H17BrN2O.ClH/c1-13-5-6-14(2)8-9-7-10(15)3-4-11(9)12;/h3-4,7,13,15H,5-6,8H2,1-2H3;1H. The van der Waals surface area contributed by atoms with Crippen LogP contribution in [-0.2, 0) is 6.54 Å². The third-order valence-corrected chi connectivity index (χ3v) is 2.99. The number of benzene rings is 1. The normalized spacial score (nSPS) is 10.2. The van der Waals surface area contributed by atoms with Crippen LogP contribution in [0.1, 0.15) is 5.56 Å². The fourth-order valence-corrected chi connectivity index (χ4v) is 1.73. The number of hydrogen-bond acceptors (Lipinski definition) is 3. The van der Waals surface area contributed by atoms with Gasteiger partial charge in [-0.2, -0.15) is 0 Å². The quantitative estimate of drug-likeness (QED) is 0.875. The molecule has 0 amide bonds. The Hall–Kier alpha value is -0.290. The van der Waals surface area contributed by atoms with Crippen LogP contribution in [0.3, 0.4) is 0 Å². The number of hydrogen-bond donors (Lipinski definition) is 2. The highest BCUT2D eigenvalue weighted by molar-refractivity contribution is 9.10. The molecule has 5 heteroatoms. The first-order valence-electron chi connectivity index (χ1n) is 4.94. The van der Waals surface area contributed by atoms with Crippen molar-refractivity contribution in [2.75, 3.05) is 27.2 Å². The van der Waals surface area contributed by atoms with Crippen LogP contribution < -0.4 is 5.32 Å². The Balaban J connectivity index is 0.00000225. The van der Waals surface area contributed by atoms with Crippen molar-refractivity contribution in [3.8, 4) is 5.75 Å². The van der Waals surface area contributed by atoms with E-state index in [1.165, 1.54) is 0 Å². The van der Waals surface area contributed by atoms with E-state index in [1.54, 1.807) is 12.1 Å². The van der Waals surface area contributed by atoms with Gasteiger partial charge in [0, 0.05) is 24.1 Å². The molecule has 0 saturated carbocycles. The van der Waals surface area contributed by atoms with Crippen molar-refractivity contribution in [1.82, 2.24) is 10.2 Å². The Morgan fingerprint density at radius 1 is 1.44 bits per heavy atom. The maximum absolute atomic E-state index is 9.37. The molecule has 2 N–H and O–H groups in total. The number of nitrogens with zero attached hydrogens (tertiary/aromatic N) is 1. The molecule has 1 aromatic rings. The van der Waals surface area contributed by atoms with Crippen LogP contribution in [0.4, 0.5) is 0 Å². The predicted molar refractivity (Wildman–Crippen MR) is 73.3 cm³/mol. The predicted octanol–water partition coefficient (Wildman–Crippen LogP) is 2.23. The molecular formula is C11H18BrClN2O. The zero-order valence-corrected chi connectivity index (χ0v) is 11.9. The van der Waals surface area contributed by atoms with Crippen LogP contribution in [0.15, 0.2) is 22.7 Å². The first-order chi connectivity index (χ1) is 7.13. The molecule has 3 nitrogen and oxygen atoms in total. The highest BCUT2D eigenvalue weighted by Crippen LogP contribution is 2.22. The minimum atomic E-state index is 0. The molecule has 0 aliphatic heterocycles. The van der Waals surface area contributed by atoms with Crippen LogP contribution in [0.5, 0.6) is 5.75 Å². The number of phenols is 1. The molecule has 0 aromatic heterocycles. The molecule has 1 rings (SSSR count). The molecule has 0 fully saturated rings. The zero-order chi connectivity index (χ0) is 11.3. The Morgan fingerprint density at radius 2 is 2.12 bits per heavy atom. The van der Waals surface area contributed by atoms with E-state index >= 15 is 0 Å². The highest BCUT2D eigenvalue weighted by atomic mass is 79.9. The Labute approximate surface area is 111 Å². The van der Waals surface area contributed by atoms with Crippen LogP contribution in [0, 0.1) is 0 Å². The molecule has 0 heterocycles. The lowest BCUT2D eigenvalue weighted by molar-refractivity contribution is 0.327. The van der Waals surface area contributed by atoms with Gasteiger partial charge >= 0.3 is 0 Å². The fraction of sp³-hybridized carbons (Fsp3) is 0.455. The van der Waals surface area contributed by atoms with Crippen molar-refractivity contribution in [2.45, 2.75) is 6.54 Å². The number of phenolic OH excluding ortho intramolecular Hbond substituents is 1. The number of likely N-dealkylation sites (N-methyl/N-ethyl adjacent to an activating group) is 2. The Bertz CT molecular complexity index is 323. The number of aromatic hydroxyl groups is 1. The molecule has 0 saturated heterocycles. The van der Waals surface area contributed by atoms with Crippen molar-refractivity contribution in [3.05, 3.63) is 28.2 Å². The Morgan fingerprint density at radius 3 is 2.75 bits per heavy atom. The minimum Gasteiger partial charge on any atom is -0.508 e. The van der Waals surface area contributed by atoms with Gasteiger partial charge in [-0.1, -0.05) is 15.9 Å². The first kappa shape index (κ1) is 15.7. The van der Waals surface area contributed by atoms with Gasteiger partial charge in [0.15, 0.2) is 0 Å². The van der Waals surface area contributed by atoms with Gasteiger partial charge in [-0.05, 0) is 37.9 Å². The largest absolute Gasteiger partial charge is 0.508 e. The van der Waals surface area contributed by atoms with Crippen LogP contribution in [0.25, 0.3) is 0 Å². The third kappa shape index (κ3) is 5.16. The van der Waals surface area contributed by atoms with Crippen LogP contribution >= 0.6 is 28.3 Å². The molecule has 16 heavy (non-hydrogen) atoms. The zero-order valence-electron chi connectivity index (χ0n) is 9.53. The SMILES string of the molecule is CNCCN(C)Cc1cc(O)ccc1Br.Cl. The molecule has 1 aromatic carbocycles. The second kappa shape index (κ2) is 7.90. The minimum absolute atomic E-state index is 0. The van der Waals surface area contributed by atoms with Crippen molar-refractivity contribution in [2.24, 2.45) is 0 Å². The summed E-state index contributed by atoms with van der Waals surface area (Å²) >= 11 is 3.47. The number of rotatable bonds is 5. The maximum atomic E-state index is 9.37. The van der Waals surface area contributed by atoms with Crippen molar-refractivity contribution < 1.29 is 5.11 Å². The van der Waals surface area contributed by atoms with E-state index in [1.807, 2.05) is 13.1 Å². The Kier molecular flexibility index (Phi) is 7.76. The summed E-state index contributed by atoms with van der Waals surface area (Å²) in [6, 6.07) is 5.34. The average molecular weight is 310 g/mol. The van der Waals surface area contributed by atoms with E-state index in [9.17, 15) is 5.11 Å². The number of halogens is 2. The second-order valence-corrected chi connectivity index (χ2v) is 4.47. The monoisotopic (exact) mass is 308 g/mol. The molecule has 0 unspecified atom stereocenters. The number of nitrogens with one attached hydrogen (secondary N) is 1. The van der Waals surface area contributed by atoms with Crippen LogP contribution in [0.2, 0.25) is 0 Å². The van der Waals surface area contributed by atoms with Gasteiger partial charge in [0.1, 0.15) is 5.75 Å². The maximum Gasteiger partial charge on any atom is 0.115 e. The summed E-state index contributed by atoms with van der Waals surface area (Å²) < 4.78 is 1.04. The molecule has 0 aliphatic carbocycles. The topological polar surface area (TPSA) is 35.5 Å². The molecule has 0 atom stereocenters. The molecular weight excluding hydrogens is 291 g/mol. The molecule has 0 aliphatic rings. The fourth-order valence-electron chi connectivity index (χ4n) is 1.35. The first-order valence-corrected chi connectivity index (χ1v) is 5.73. The van der Waals surface area contributed by atoms with Gasteiger partial charge < -0.3 is 15.3 Å². The highest BCUT2D eigenvalue weighted by Gasteiger charge is 2.04. The van der Waals surface area contributed by atoms with Gasteiger partial charge in [-0.25, -0.2) is 0 Å². The lowest BCUT2D eigenvalue weighted by atomic mass is 10.2. The van der Waals surface area contributed by atoms with Gasteiger partial charge in [0.2, 0.25) is 0 Å². The van der Waals surface area contributed by atoms with E-state index in [0.29, 0.717) is 5.75 Å². The summed E-state index contributed by atoms with van der Waals surface area (Å²) in [6.45, 7) is 2.78. The summed E-state index contributed by atoms with van der Waals surface area (Å²) in [4.78, 5) is 2.20. The van der Waals surface area contributed by atoms with Crippen molar-refractivity contribution in [1.29, 1.82) is 0 Å². The van der Waals surface area contributed by atoms with E-state index in [0.717, 1.165) is 29.7 Å². The van der Waals surface area contributed by atoms with Crippen molar-refractivity contribution in [3.63, 3.8) is 0 Å². The summed E-state index contributed by atoms with van der Waals surface area (Å²) in [5.41, 5.74) is 1.11. The molecule has 92 valence electrons. The summed E-state index contributed by atoms with van der Waals surface area (Å²) in [6.07, 6.45) is 0. The lowest BCUT2D eigenvalue weighted by Gasteiger charge is -2.17. The van der Waals surface area contributed by atoms with Crippen LogP contribution in [-0.4, -0.2) is 37.2 Å². The van der Waals surface area contributed by atoms with E-state index < -0.39 is 0 Å². The molecule has 0 spiro atoms.